The lowest BCUT2D eigenvalue weighted by Gasteiger charge is -2.34. The van der Waals surface area contributed by atoms with Crippen molar-refractivity contribution in [3.05, 3.63) is 12.7 Å². The van der Waals surface area contributed by atoms with Crippen LogP contribution in [0.25, 0.3) is 0 Å². The number of unbranched alkanes of at least 4 members (excludes halogenated alkanes) is 1. The molecule has 0 bridgehead atoms. The fraction of sp³-hybridized carbons (Fsp3) is 0.778. The highest BCUT2D eigenvalue weighted by molar-refractivity contribution is 5.96. The van der Waals surface area contributed by atoms with Gasteiger partial charge in [-0.2, -0.15) is 0 Å². The van der Waals surface area contributed by atoms with E-state index in [2.05, 4.69) is 18.8 Å². The Labute approximate surface area is 140 Å². The number of ether oxygens (including phenoxy) is 1. The standard InChI is InChI=1S/C18H32N2O3/c1-7-9-11-23-16(22)20(17(3,4)5)15(21)14-12-18(6,10-8-2)13-19-14/h8,14,19H,2,7,9-13H2,1,3-6H3/t14-,18?/m0/s1. The van der Waals surface area contributed by atoms with Gasteiger partial charge in [0, 0.05) is 12.1 Å². The van der Waals surface area contributed by atoms with Crippen molar-refractivity contribution in [3.63, 3.8) is 0 Å². The van der Waals surface area contributed by atoms with Gasteiger partial charge in [-0.1, -0.05) is 26.3 Å². The molecule has 0 aromatic carbocycles. The van der Waals surface area contributed by atoms with Crippen LogP contribution in [0.4, 0.5) is 4.79 Å². The van der Waals surface area contributed by atoms with Crippen LogP contribution < -0.4 is 5.32 Å². The van der Waals surface area contributed by atoms with E-state index in [-0.39, 0.29) is 17.4 Å². The molecule has 23 heavy (non-hydrogen) atoms. The zero-order valence-corrected chi connectivity index (χ0v) is 15.3. The number of hydrogen-bond acceptors (Lipinski definition) is 4. The molecule has 132 valence electrons. The molecular weight excluding hydrogens is 292 g/mol. The summed E-state index contributed by atoms with van der Waals surface area (Å²) < 4.78 is 5.27. The lowest BCUT2D eigenvalue weighted by molar-refractivity contribution is -0.135. The molecule has 1 rings (SSSR count). The summed E-state index contributed by atoms with van der Waals surface area (Å²) in [5.74, 6) is -0.202. The first-order chi connectivity index (χ1) is 10.6. The maximum atomic E-state index is 12.9. The molecule has 0 saturated carbocycles. The number of rotatable bonds is 6. The van der Waals surface area contributed by atoms with E-state index >= 15 is 0 Å². The van der Waals surface area contributed by atoms with Gasteiger partial charge in [-0.05, 0) is 45.4 Å². The zero-order valence-electron chi connectivity index (χ0n) is 15.3. The third-order valence-corrected chi connectivity index (χ3v) is 4.20. The van der Waals surface area contributed by atoms with Crippen LogP contribution >= 0.6 is 0 Å². The first kappa shape index (κ1) is 19.7. The molecule has 2 atom stereocenters. The lowest BCUT2D eigenvalue weighted by Crippen LogP contribution is -2.55. The van der Waals surface area contributed by atoms with Gasteiger partial charge < -0.3 is 10.1 Å². The molecule has 1 heterocycles. The SMILES string of the molecule is C=CCC1(C)CN[C@H](C(=O)N(C(=O)OCCCC)C(C)(C)C)C1. The van der Waals surface area contributed by atoms with Crippen LogP contribution in [0.2, 0.25) is 0 Å². The van der Waals surface area contributed by atoms with Crippen LogP contribution in [0.1, 0.15) is 60.3 Å². The number of carbonyl (C=O) groups is 2. The Morgan fingerprint density at radius 2 is 2.09 bits per heavy atom. The number of amides is 2. The van der Waals surface area contributed by atoms with Crippen molar-refractivity contribution in [1.29, 1.82) is 0 Å². The molecule has 0 aromatic rings. The van der Waals surface area contributed by atoms with Crippen molar-refractivity contribution >= 4 is 12.0 Å². The molecular formula is C18H32N2O3. The smallest absolute Gasteiger partial charge is 0.417 e. The molecule has 1 aliphatic rings. The lowest BCUT2D eigenvalue weighted by atomic mass is 9.84. The summed E-state index contributed by atoms with van der Waals surface area (Å²) in [6.45, 7) is 14.6. The fourth-order valence-electron chi connectivity index (χ4n) is 2.90. The van der Waals surface area contributed by atoms with E-state index in [9.17, 15) is 9.59 Å². The summed E-state index contributed by atoms with van der Waals surface area (Å²) in [5.41, 5.74) is -0.600. The van der Waals surface area contributed by atoms with Crippen molar-refractivity contribution in [2.24, 2.45) is 5.41 Å². The minimum Gasteiger partial charge on any atom is -0.449 e. The van der Waals surface area contributed by atoms with E-state index in [1.54, 1.807) is 0 Å². The Morgan fingerprint density at radius 1 is 1.43 bits per heavy atom. The summed E-state index contributed by atoms with van der Waals surface area (Å²) in [6, 6.07) is -0.349. The number of allylic oxidation sites excluding steroid dienone is 1. The van der Waals surface area contributed by atoms with E-state index in [4.69, 9.17) is 4.74 Å². The minimum absolute atomic E-state index is 0.0117. The molecule has 1 unspecified atom stereocenters. The molecule has 5 heteroatoms. The van der Waals surface area contributed by atoms with Gasteiger partial charge in [0.2, 0.25) is 5.91 Å². The number of imide groups is 1. The minimum atomic E-state index is -0.612. The summed E-state index contributed by atoms with van der Waals surface area (Å²) in [5, 5.41) is 3.26. The van der Waals surface area contributed by atoms with Crippen molar-refractivity contribution in [3.8, 4) is 0 Å². The maximum absolute atomic E-state index is 12.9. The second-order valence-electron chi connectivity index (χ2n) is 7.75. The van der Waals surface area contributed by atoms with Crippen molar-refractivity contribution in [1.82, 2.24) is 10.2 Å². The Bertz CT molecular complexity index is 442. The average Bonchev–Trinajstić information content (AvgIpc) is 2.80. The molecule has 0 spiro atoms. The molecule has 5 nitrogen and oxygen atoms in total. The van der Waals surface area contributed by atoms with Gasteiger partial charge in [0.15, 0.2) is 0 Å². The summed E-state index contributed by atoms with van der Waals surface area (Å²) in [7, 11) is 0. The molecule has 1 aliphatic heterocycles. The van der Waals surface area contributed by atoms with Crippen LogP contribution in [0.3, 0.4) is 0 Å². The normalized spacial score (nSPS) is 24.3. The van der Waals surface area contributed by atoms with E-state index in [0.29, 0.717) is 13.0 Å². The Kier molecular flexibility index (Phi) is 6.81. The predicted octanol–water partition coefficient (Wildman–Crippen LogP) is 3.49. The van der Waals surface area contributed by atoms with Gasteiger partial charge >= 0.3 is 6.09 Å². The zero-order chi connectivity index (χ0) is 17.7. The monoisotopic (exact) mass is 324 g/mol. The topological polar surface area (TPSA) is 58.6 Å². The molecule has 0 aromatic heterocycles. The average molecular weight is 324 g/mol. The molecule has 1 saturated heterocycles. The van der Waals surface area contributed by atoms with Crippen LogP contribution in [-0.4, -0.2) is 41.6 Å². The van der Waals surface area contributed by atoms with Gasteiger partial charge in [-0.15, -0.1) is 6.58 Å². The van der Waals surface area contributed by atoms with Gasteiger partial charge in [0.05, 0.1) is 12.6 Å². The van der Waals surface area contributed by atoms with E-state index in [0.717, 1.165) is 25.8 Å². The predicted molar refractivity (Wildman–Crippen MR) is 92.2 cm³/mol. The largest absolute Gasteiger partial charge is 0.449 e. The molecule has 2 amide bonds. The second kappa shape index (κ2) is 7.95. The molecule has 1 fully saturated rings. The maximum Gasteiger partial charge on any atom is 0.417 e. The van der Waals surface area contributed by atoms with E-state index in [1.807, 2.05) is 33.8 Å². The van der Waals surface area contributed by atoms with Crippen molar-refractivity contribution < 1.29 is 14.3 Å². The van der Waals surface area contributed by atoms with Crippen molar-refractivity contribution in [2.45, 2.75) is 71.9 Å². The van der Waals surface area contributed by atoms with Crippen LogP contribution in [0.15, 0.2) is 12.7 Å². The third kappa shape index (κ3) is 5.34. The fourth-order valence-corrected chi connectivity index (χ4v) is 2.90. The van der Waals surface area contributed by atoms with Crippen LogP contribution in [0, 0.1) is 5.41 Å². The third-order valence-electron chi connectivity index (χ3n) is 4.20. The quantitative estimate of drug-likeness (QED) is 0.600. The number of nitrogens with zero attached hydrogens (tertiary/aromatic N) is 1. The molecule has 0 radical (unpaired) electrons. The number of hydrogen-bond donors (Lipinski definition) is 1. The van der Waals surface area contributed by atoms with Crippen LogP contribution in [-0.2, 0) is 9.53 Å². The van der Waals surface area contributed by atoms with Gasteiger partial charge in [-0.25, -0.2) is 9.69 Å². The van der Waals surface area contributed by atoms with Gasteiger partial charge in [-0.3, -0.25) is 4.79 Å². The first-order valence-electron chi connectivity index (χ1n) is 8.50. The highest BCUT2D eigenvalue weighted by Gasteiger charge is 2.43. The number of nitrogens with one attached hydrogen (secondary N) is 1. The highest BCUT2D eigenvalue weighted by Crippen LogP contribution is 2.33. The Morgan fingerprint density at radius 3 is 2.61 bits per heavy atom. The second-order valence-corrected chi connectivity index (χ2v) is 7.75. The van der Waals surface area contributed by atoms with Gasteiger partial charge in [0.1, 0.15) is 0 Å². The molecule has 1 N–H and O–H groups in total. The summed E-state index contributed by atoms with van der Waals surface area (Å²) >= 11 is 0. The van der Waals surface area contributed by atoms with Crippen LogP contribution in [0.5, 0.6) is 0 Å². The highest BCUT2D eigenvalue weighted by atomic mass is 16.6. The molecule has 0 aliphatic carbocycles. The summed E-state index contributed by atoms with van der Waals surface area (Å²) in [6.07, 6.45) is 4.63. The van der Waals surface area contributed by atoms with Crippen molar-refractivity contribution in [2.75, 3.05) is 13.2 Å². The number of carbonyl (C=O) groups excluding carboxylic acids is 2. The summed E-state index contributed by atoms with van der Waals surface area (Å²) in [4.78, 5) is 26.5. The van der Waals surface area contributed by atoms with Gasteiger partial charge in [0.25, 0.3) is 0 Å². The first-order valence-corrected chi connectivity index (χ1v) is 8.50. The van der Waals surface area contributed by atoms with E-state index < -0.39 is 11.6 Å². The Hall–Kier alpha value is -1.36. The van der Waals surface area contributed by atoms with E-state index in [1.165, 1.54) is 4.90 Å². The Balaban J connectivity index is 2.81.